The van der Waals surface area contributed by atoms with Crippen molar-refractivity contribution in [2.24, 2.45) is 4.99 Å². The standard InChI is InChI=1S/C16H15NO4/c18-15(19)10-21-14-5-4-11-8-13(3-2-12(11)9-14)16-17-6-1-7-20-16/h2-5,8-9H,1,6-7,10H2,(H,18,19). The Bertz CT molecular complexity index is 708. The highest BCUT2D eigenvalue weighted by atomic mass is 16.5. The molecule has 0 aromatic heterocycles. The first-order chi connectivity index (χ1) is 10.2. The maximum absolute atomic E-state index is 10.5. The molecule has 1 heterocycles. The third-order valence-corrected chi connectivity index (χ3v) is 3.22. The molecule has 21 heavy (non-hydrogen) atoms. The number of ether oxygens (including phenoxy) is 2. The van der Waals surface area contributed by atoms with Crippen LogP contribution in [0.4, 0.5) is 0 Å². The molecule has 0 saturated carbocycles. The van der Waals surface area contributed by atoms with E-state index in [1.165, 1.54) is 0 Å². The van der Waals surface area contributed by atoms with Crippen molar-refractivity contribution in [2.45, 2.75) is 6.42 Å². The van der Waals surface area contributed by atoms with E-state index >= 15 is 0 Å². The van der Waals surface area contributed by atoms with Crippen molar-refractivity contribution in [3.8, 4) is 5.75 Å². The molecule has 2 aromatic rings. The zero-order valence-corrected chi connectivity index (χ0v) is 11.4. The molecule has 0 amide bonds. The molecule has 0 saturated heterocycles. The lowest BCUT2D eigenvalue weighted by molar-refractivity contribution is -0.139. The number of aliphatic imine (C=N–C) groups is 1. The molecule has 0 fully saturated rings. The van der Waals surface area contributed by atoms with Crippen molar-refractivity contribution in [1.82, 2.24) is 0 Å². The van der Waals surface area contributed by atoms with Crippen molar-refractivity contribution in [3.63, 3.8) is 0 Å². The predicted molar refractivity (Wildman–Crippen MR) is 79.1 cm³/mol. The summed E-state index contributed by atoms with van der Waals surface area (Å²) in [4.78, 5) is 14.9. The Labute approximate surface area is 121 Å². The van der Waals surface area contributed by atoms with Gasteiger partial charge in [0, 0.05) is 18.5 Å². The van der Waals surface area contributed by atoms with Crippen LogP contribution in [0.1, 0.15) is 12.0 Å². The van der Waals surface area contributed by atoms with Crippen molar-refractivity contribution >= 4 is 22.6 Å². The van der Waals surface area contributed by atoms with Crippen LogP contribution in [0.5, 0.6) is 5.75 Å². The second kappa shape index (κ2) is 5.83. The highest BCUT2D eigenvalue weighted by molar-refractivity contribution is 5.99. The summed E-state index contributed by atoms with van der Waals surface area (Å²) < 4.78 is 10.7. The van der Waals surface area contributed by atoms with E-state index in [1.807, 2.05) is 30.3 Å². The fourth-order valence-corrected chi connectivity index (χ4v) is 2.23. The molecule has 0 spiro atoms. The Kier molecular flexibility index (Phi) is 3.73. The summed E-state index contributed by atoms with van der Waals surface area (Å²) in [6.07, 6.45) is 0.960. The predicted octanol–water partition coefficient (Wildman–Crippen LogP) is 2.47. The number of nitrogens with zero attached hydrogens (tertiary/aromatic N) is 1. The molecular formula is C16H15NO4. The largest absolute Gasteiger partial charge is 0.482 e. The zero-order chi connectivity index (χ0) is 14.7. The first-order valence-electron chi connectivity index (χ1n) is 6.78. The van der Waals surface area contributed by atoms with E-state index in [4.69, 9.17) is 14.6 Å². The average molecular weight is 285 g/mol. The van der Waals surface area contributed by atoms with Crippen LogP contribution in [0.15, 0.2) is 41.4 Å². The number of hydrogen-bond acceptors (Lipinski definition) is 4. The van der Waals surface area contributed by atoms with Crippen LogP contribution in [0.3, 0.4) is 0 Å². The smallest absolute Gasteiger partial charge is 0.341 e. The van der Waals surface area contributed by atoms with Crippen LogP contribution in [-0.4, -0.2) is 36.7 Å². The van der Waals surface area contributed by atoms with Gasteiger partial charge in [-0.3, -0.25) is 4.99 Å². The van der Waals surface area contributed by atoms with Crippen molar-refractivity contribution < 1.29 is 19.4 Å². The third-order valence-electron chi connectivity index (χ3n) is 3.22. The van der Waals surface area contributed by atoms with Crippen LogP contribution in [-0.2, 0) is 9.53 Å². The molecule has 3 rings (SSSR count). The van der Waals surface area contributed by atoms with Crippen molar-refractivity contribution in [1.29, 1.82) is 0 Å². The molecule has 1 aliphatic rings. The first kappa shape index (κ1) is 13.4. The maximum atomic E-state index is 10.5. The Morgan fingerprint density at radius 2 is 2.05 bits per heavy atom. The van der Waals surface area contributed by atoms with Gasteiger partial charge in [-0.05, 0) is 35.0 Å². The summed E-state index contributed by atoms with van der Waals surface area (Å²) in [5.41, 5.74) is 0.960. The van der Waals surface area contributed by atoms with E-state index in [9.17, 15) is 4.79 Å². The molecule has 5 nitrogen and oxygen atoms in total. The van der Waals surface area contributed by atoms with Crippen molar-refractivity contribution in [3.05, 3.63) is 42.0 Å². The molecule has 1 N–H and O–H groups in total. The number of aliphatic carboxylic acids is 1. The van der Waals surface area contributed by atoms with E-state index in [2.05, 4.69) is 4.99 Å². The molecule has 1 aliphatic heterocycles. The monoisotopic (exact) mass is 285 g/mol. The number of carbonyl (C=O) groups is 1. The fraction of sp³-hybridized carbons (Fsp3) is 0.250. The molecule has 0 aliphatic carbocycles. The number of fused-ring (bicyclic) bond motifs is 1. The second-order valence-electron chi connectivity index (χ2n) is 4.80. The van der Waals surface area contributed by atoms with Gasteiger partial charge in [-0.1, -0.05) is 12.1 Å². The number of hydrogen-bond donors (Lipinski definition) is 1. The van der Waals surface area contributed by atoms with Crippen molar-refractivity contribution in [2.75, 3.05) is 19.8 Å². The Balaban J connectivity index is 1.87. The summed E-state index contributed by atoms with van der Waals surface area (Å²) in [5, 5.41) is 10.6. The third kappa shape index (κ3) is 3.13. The molecule has 0 atom stereocenters. The van der Waals surface area contributed by atoms with E-state index in [1.54, 1.807) is 6.07 Å². The Morgan fingerprint density at radius 3 is 2.81 bits per heavy atom. The molecule has 5 heteroatoms. The normalized spacial score (nSPS) is 14.4. The minimum atomic E-state index is -0.988. The van der Waals surface area contributed by atoms with Gasteiger partial charge in [0.05, 0.1) is 6.61 Å². The van der Waals surface area contributed by atoms with Gasteiger partial charge in [-0.25, -0.2) is 4.79 Å². The summed E-state index contributed by atoms with van der Waals surface area (Å²) in [6, 6.07) is 11.4. The van der Waals surface area contributed by atoms with Crippen LogP contribution < -0.4 is 4.74 Å². The number of benzene rings is 2. The highest BCUT2D eigenvalue weighted by Gasteiger charge is 2.10. The van der Waals surface area contributed by atoms with E-state index in [0.29, 0.717) is 18.3 Å². The zero-order valence-electron chi connectivity index (χ0n) is 11.4. The molecule has 0 bridgehead atoms. The SMILES string of the molecule is O=C(O)COc1ccc2cc(C3=NCCCO3)ccc2c1. The van der Waals surface area contributed by atoms with Crippen LogP contribution in [0, 0.1) is 0 Å². The molecular weight excluding hydrogens is 270 g/mol. The molecule has 0 radical (unpaired) electrons. The topological polar surface area (TPSA) is 68.1 Å². The van der Waals surface area contributed by atoms with E-state index in [-0.39, 0.29) is 6.61 Å². The minimum Gasteiger partial charge on any atom is -0.482 e. The molecule has 0 unspecified atom stereocenters. The lowest BCUT2D eigenvalue weighted by Gasteiger charge is -2.14. The minimum absolute atomic E-state index is 0.339. The number of rotatable bonds is 4. The number of carboxylic acid groups (broad SMARTS) is 1. The lowest BCUT2D eigenvalue weighted by Crippen LogP contribution is -2.14. The van der Waals surface area contributed by atoms with Gasteiger partial charge in [-0.2, -0.15) is 0 Å². The van der Waals surface area contributed by atoms with Gasteiger partial charge in [0.2, 0.25) is 5.90 Å². The summed E-state index contributed by atoms with van der Waals surface area (Å²) in [7, 11) is 0. The fourth-order valence-electron chi connectivity index (χ4n) is 2.23. The quantitative estimate of drug-likeness (QED) is 0.937. The lowest BCUT2D eigenvalue weighted by atomic mass is 10.1. The first-order valence-corrected chi connectivity index (χ1v) is 6.78. The second-order valence-corrected chi connectivity index (χ2v) is 4.80. The van der Waals surface area contributed by atoms with Crippen LogP contribution >= 0.6 is 0 Å². The van der Waals surface area contributed by atoms with Gasteiger partial charge in [0.1, 0.15) is 5.75 Å². The van der Waals surface area contributed by atoms with Gasteiger partial charge in [0.25, 0.3) is 0 Å². The Hall–Kier alpha value is -2.56. The maximum Gasteiger partial charge on any atom is 0.341 e. The van der Waals surface area contributed by atoms with Crippen LogP contribution in [0.2, 0.25) is 0 Å². The summed E-state index contributed by atoms with van der Waals surface area (Å²) in [6.45, 7) is 1.17. The summed E-state index contributed by atoms with van der Waals surface area (Å²) >= 11 is 0. The van der Waals surface area contributed by atoms with Gasteiger partial charge in [0.15, 0.2) is 6.61 Å². The Morgan fingerprint density at radius 1 is 1.24 bits per heavy atom. The van der Waals surface area contributed by atoms with Gasteiger partial charge in [-0.15, -0.1) is 0 Å². The highest BCUT2D eigenvalue weighted by Crippen LogP contribution is 2.23. The van der Waals surface area contributed by atoms with Gasteiger partial charge >= 0.3 is 5.97 Å². The van der Waals surface area contributed by atoms with E-state index in [0.717, 1.165) is 29.3 Å². The molecule has 2 aromatic carbocycles. The van der Waals surface area contributed by atoms with Gasteiger partial charge < -0.3 is 14.6 Å². The number of carboxylic acids is 1. The summed E-state index contributed by atoms with van der Waals surface area (Å²) in [5.74, 6) is 0.246. The molecule has 108 valence electrons. The van der Waals surface area contributed by atoms with Crippen LogP contribution in [0.25, 0.3) is 10.8 Å². The average Bonchev–Trinajstić information content (AvgIpc) is 2.53. The van der Waals surface area contributed by atoms with E-state index < -0.39 is 5.97 Å².